The van der Waals surface area contributed by atoms with Gasteiger partial charge in [0.25, 0.3) is 0 Å². The molecule has 0 heterocycles. The quantitative estimate of drug-likeness (QED) is 0.822. The average molecular weight is 278 g/mol. The smallest absolute Gasteiger partial charge is 0.301 e. The molecular weight excluding hydrogens is 262 g/mol. The second-order valence-corrected chi connectivity index (χ2v) is 5.74. The Labute approximate surface area is 107 Å². The van der Waals surface area contributed by atoms with Gasteiger partial charge < -0.3 is 5.73 Å². The lowest BCUT2D eigenvalue weighted by Gasteiger charge is -2.18. The van der Waals surface area contributed by atoms with Gasteiger partial charge in [0.1, 0.15) is 0 Å². The number of nitrogens with zero attached hydrogens (tertiary/aromatic N) is 1. The fraction of sp³-hybridized carbons (Fsp3) is 0.400. The van der Waals surface area contributed by atoms with Crippen LogP contribution in [-0.4, -0.2) is 32.9 Å². The number of nitrogens with one attached hydrogen (secondary N) is 1. The SMILES string of the molecule is CN(CCCN)S(=O)(=O)Nc1ccccc1Cl. The Balaban J connectivity index is 2.76. The number of hydrogen-bond donors (Lipinski definition) is 2. The first-order chi connectivity index (χ1) is 7.97. The molecule has 0 bridgehead atoms. The summed E-state index contributed by atoms with van der Waals surface area (Å²) >= 11 is 5.87. The van der Waals surface area contributed by atoms with Crippen LogP contribution < -0.4 is 10.5 Å². The molecule has 96 valence electrons. The van der Waals surface area contributed by atoms with E-state index in [9.17, 15) is 8.42 Å². The van der Waals surface area contributed by atoms with E-state index in [1.165, 1.54) is 11.4 Å². The Morgan fingerprint density at radius 1 is 1.41 bits per heavy atom. The van der Waals surface area contributed by atoms with Gasteiger partial charge in [-0.1, -0.05) is 23.7 Å². The molecule has 5 nitrogen and oxygen atoms in total. The van der Waals surface area contributed by atoms with Crippen molar-refractivity contribution in [2.45, 2.75) is 6.42 Å². The number of halogens is 1. The molecule has 0 fully saturated rings. The van der Waals surface area contributed by atoms with Gasteiger partial charge in [0.2, 0.25) is 0 Å². The number of hydrogen-bond acceptors (Lipinski definition) is 3. The van der Waals surface area contributed by atoms with E-state index in [-0.39, 0.29) is 0 Å². The van der Waals surface area contributed by atoms with Crippen LogP contribution in [0.15, 0.2) is 24.3 Å². The lowest BCUT2D eigenvalue weighted by molar-refractivity contribution is 0.468. The maximum atomic E-state index is 11.9. The van der Waals surface area contributed by atoms with Gasteiger partial charge in [-0.05, 0) is 25.1 Å². The fourth-order valence-corrected chi connectivity index (χ4v) is 2.42. The van der Waals surface area contributed by atoms with Gasteiger partial charge in [-0.3, -0.25) is 4.72 Å². The molecule has 0 radical (unpaired) electrons. The third kappa shape index (κ3) is 4.16. The molecule has 1 aromatic carbocycles. The van der Waals surface area contributed by atoms with E-state index in [1.807, 2.05) is 0 Å². The van der Waals surface area contributed by atoms with E-state index in [4.69, 9.17) is 17.3 Å². The second-order valence-electron chi connectivity index (χ2n) is 3.55. The van der Waals surface area contributed by atoms with Crippen LogP contribution in [0.25, 0.3) is 0 Å². The zero-order valence-electron chi connectivity index (χ0n) is 9.56. The van der Waals surface area contributed by atoms with E-state index in [0.717, 1.165) is 0 Å². The highest BCUT2D eigenvalue weighted by atomic mass is 35.5. The third-order valence-electron chi connectivity index (χ3n) is 2.20. The van der Waals surface area contributed by atoms with Crippen molar-refractivity contribution in [3.63, 3.8) is 0 Å². The first-order valence-electron chi connectivity index (χ1n) is 5.16. The highest BCUT2D eigenvalue weighted by Crippen LogP contribution is 2.22. The molecule has 0 aliphatic rings. The zero-order valence-corrected chi connectivity index (χ0v) is 11.1. The van der Waals surface area contributed by atoms with Crippen LogP contribution in [0.5, 0.6) is 0 Å². The van der Waals surface area contributed by atoms with Crippen molar-refractivity contribution in [3.05, 3.63) is 29.3 Å². The number of benzene rings is 1. The molecule has 0 aliphatic carbocycles. The first kappa shape index (κ1) is 14.2. The molecular formula is C10H16ClN3O2S. The van der Waals surface area contributed by atoms with Gasteiger partial charge in [0.05, 0.1) is 10.7 Å². The maximum Gasteiger partial charge on any atom is 0.301 e. The summed E-state index contributed by atoms with van der Waals surface area (Å²) in [6.07, 6.45) is 0.611. The second kappa shape index (κ2) is 6.20. The standard InChI is InChI=1S/C10H16ClN3O2S/c1-14(8-4-7-12)17(15,16)13-10-6-3-2-5-9(10)11/h2-3,5-6,13H,4,7-8,12H2,1H3. The molecule has 0 spiro atoms. The Kier molecular flexibility index (Phi) is 5.20. The minimum absolute atomic E-state index is 0.364. The number of para-hydroxylation sites is 1. The molecule has 0 aromatic heterocycles. The molecule has 0 aliphatic heterocycles. The summed E-state index contributed by atoms with van der Waals surface area (Å²) in [7, 11) is -2.07. The molecule has 0 atom stereocenters. The maximum absolute atomic E-state index is 11.9. The summed E-state index contributed by atoms with van der Waals surface area (Å²) in [4.78, 5) is 0. The summed E-state index contributed by atoms with van der Waals surface area (Å²) in [5, 5.41) is 0.364. The van der Waals surface area contributed by atoms with Gasteiger partial charge >= 0.3 is 10.2 Å². The predicted octanol–water partition coefficient (Wildman–Crippen LogP) is 1.28. The van der Waals surface area contributed by atoms with Gasteiger partial charge in [-0.15, -0.1) is 0 Å². The topological polar surface area (TPSA) is 75.4 Å². The van der Waals surface area contributed by atoms with E-state index >= 15 is 0 Å². The Bertz CT molecular complexity index is 464. The van der Waals surface area contributed by atoms with Crippen LogP contribution in [0.3, 0.4) is 0 Å². The minimum Gasteiger partial charge on any atom is -0.330 e. The zero-order chi connectivity index (χ0) is 12.9. The molecule has 0 saturated carbocycles. The molecule has 1 aromatic rings. The average Bonchev–Trinajstić information content (AvgIpc) is 2.28. The molecule has 0 unspecified atom stereocenters. The van der Waals surface area contributed by atoms with Crippen molar-refractivity contribution in [2.24, 2.45) is 5.73 Å². The van der Waals surface area contributed by atoms with Crippen molar-refractivity contribution in [1.82, 2.24) is 4.31 Å². The fourth-order valence-electron chi connectivity index (χ4n) is 1.19. The van der Waals surface area contributed by atoms with Crippen LogP contribution in [0.2, 0.25) is 5.02 Å². The van der Waals surface area contributed by atoms with Gasteiger partial charge in [0, 0.05) is 13.6 Å². The van der Waals surface area contributed by atoms with Gasteiger partial charge in [0.15, 0.2) is 0 Å². The Hall–Kier alpha value is -0.820. The van der Waals surface area contributed by atoms with E-state index in [0.29, 0.717) is 30.2 Å². The van der Waals surface area contributed by atoms with Gasteiger partial charge in [-0.2, -0.15) is 12.7 Å². The van der Waals surface area contributed by atoms with E-state index in [2.05, 4.69) is 4.72 Å². The molecule has 3 N–H and O–H groups in total. The van der Waals surface area contributed by atoms with Crippen LogP contribution in [-0.2, 0) is 10.2 Å². The van der Waals surface area contributed by atoms with Crippen molar-refractivity contribution in [2.75, 3.05) is 24.9 Å². The lowest BCUT2D eigenvalue weighted by Crippen LogP contribution is -2.34. The van der Waals surface area contributed by atoms with Crippen LogP contribution in [0.1, 0.15) is 6.42 Å². The summed E-state index contributed by atoms with van der Waals surface area (Å²) in [6.45, 7) is 0.822. The molecule has 0 amide bonds. The van der Waals surface area contributed by atoms with Crippen molar-refractivity contribution >= 4 is 27.5 Å². The minimum atomic E-state index is -3.56. The largest absolute Gasteiger partial charge is 0.330 e. The highest BCUT2D eigenvalue weighted by molar-refractivity contribution is 7.90. The van der Waals surface area contributed by atoms with Crippen LogP contribution in [0.4, 0.5) is 5.69 Å². The summed E-state index contributed by atoms with van der Waals surface area (Å²) in [5.74, 6) is 0. The summed E-state index contributed by atoms with van der Waals surface area (Å²) in [5.41, 5.74) is 5.70. The lowest BCUT2D eigenvalue weighted by atomic mass is 10.3. The number of nitrogens with two attached hydrogens (primary N) is 1. The number of anilines is 1. The summed E-state index contributed by atoms with van der Waals surface area (Å²) < 4.78 is 27.4. The van der Waals surface area contributed by atoms with Crippen molar-refractivity contribution < 1.29 is 8.42 Å². The van der Waals surface area contributed by atoms with Crippen LogP contribution in [0, 0.1) is 0 Å². The normalized spacial score (nSPS) is 11.8. The first-order valence-corrected chi connectivity index (χ1v) is 6.98. The highest BCUT2D eigenvalue weighted by Gasteiger charge is 2.17. The summed E-state index contributed by atoms with van der Waals surface area (Å²) in [6, 6.07) is 6.68. The number of rotatable bonds is 6. The van der Waals surface area contributed by atoms with E-state index < -0.39 is 10.2 Å². The van der Waals surface area contributed by atoms with Gasteiger partial charge in [-0.25, -0.2) is 0 Å². The van der Waals surface area contributed by atoms with Crippen LogP contribution >= 0.6 is 11.6 Å². The van der Waals surface area contributed by atoms with Crippen molar-refractivity contribution in [3.8, 4) is 0 Å². The molecule has 7 heteroatoms. The molecule has 1 rings (SSSR count). The monoisotopic (exact) mass is 277 g/mol. The third-order valence-corrected chi connectivity index (χ3v) is 4.01. The Morgan fingerprint density at radius 3 is 2.65 bits per heavy atom. The molecule has 0 saturated heterocycles. The Morgan fingerprint density at radius 2 is 2.06 bits per heavy atom. The van der Waals surface area contributed by atoms with E-state index in [1.54, 1.807) is 24.3 Å². The predicted molar refractivity (Wildman–Crippen MR) is 70.3 cm³/mol. The van der Waals surface area contributed by atoms with Crippen molar-refractivity contribution in [1.29, 1.82) is 0 Å². The molecule has 17 heavy (non-hydrogen) atoms.